The van der Waals surface area contributed by atoms with Crippen LogP contribution in [0.25, 0.3) is 0 Å². The van der Waals surface area contributed by atoms with E-state index >= 15 is 0 Å². The van der Waals surface area contributed by atoms with Crippen molar-refractivity contribution in [2.45, 2.75) is 12.2 Å². The van der Waals surface area contributed by atoms with Gasteiger partial charge in [-0.15, -0.1) is 0 Å². The molecular weight excluding hydrogens is 262 g/mol. The maximum Gasteiger partial charge on any atom is 0.107 e. The highest BCUT2D eigenvalue weighted by molar-refractivity contribution is 6.48. The number of aliphatic hydroxyl groups excluding tert-OH is 3. The summed E-state index contributed by atoms with van der Waals surface area (Å²) in [5, 5.41) is 28.0. The Morgan fingerprint density at radius 2 is 1.53 bits per heavy atom. The lowest BCUT2D eigenvalue weighted by Crippen LogP contribution is -2.22. The summed E-state index contributed by atoms with van der Waals surface area (Å²) in [5.74, 6) is 0. The molecule has 6 heteroatoms. The number of hydrogen-bond acceptors (Lipinski definition) is 3. The molecule has 0 saturated carbocycles. The topological polar surface area (TPSA) is 60.7 Å². The molecule has 0 aliphatic carbocycles. The molecule has 0 aromatic heterocycles. The van der Waals surface area contributed by atoms with Crippen LogP contribution >= 0.6 is 34.8 Å². The van der Waals surface area contributed by atoms with E-state index in [2.05, 4.69) is 0 Å². The van der Waals surface area contributed by atoms with E-state index in [0.717, 1.165) is 0 Å². The average molecular weight is 272 g/mol. The molecule has 1 aromatic carbocycles. The van der Waals surface area contributed by atoms with Crippen LogP contribution < -0.4 is 0 Å². The molecule has 0 amide bonds. The summed E-state index contributed by atoms with van der Waals surface area (Å²) in [6.45, 7) is -0.557. The zero-order chi connectivity index (χ0) is 11.6. The highest BCUT2D eigenvalue weighted by Gasteiger charge is 2.19. The third-order valence-corrected chi connectivity index (χ3v) is 3.10. The smallest absolute Gasteiger partial charge is 0.107 e. The predicted octanol–water partition coefficient (Wildman–Crippen LogP) is 2.03. The zero-order valence-electron chi connectivity index (χ0n) is 7.49. The molecule has 15 heavy (non-hydrogen) atoms. The Balaban J connectivity index is 3.06. The van der Waals surface area contributed by atoms with Crippen LogP contribution in [0.5, 0.6) is 0 Å². The molecular formula is C9H9Cl3O3. The first-order valence-electron chi connectivity index (χ1n) is 4.08. The fourth-order valence-electron chi connectivity index (χ4n) is 1.07. The van der Waals surface area contributed by atoms with Gasteiger partial charge in [-0.1, -0.05) is 34.8 Å². The van der Waals surface area contributed by atoms with Crippen LogP contribution in [0.2, 0.25) is 15.1 Å². The van der Waals surface area contributed by atoms with Crippen molar-refractivity contribution >= 4 is 34.8 Å². The van der Waals surface area contributed by atoms with Gasteiger partial charge in [-0.25, -0.2) is 0 Å². The van der Waals surface area contributed by atoms with E-state index in [1.165, 1.54) is 12.1 Å². The van der Waals surface area contributed by atoms with Gasteiger partial charge in [0.2, 0.25) is 0 Å². The maximum absolute atomic E-state index is 9.56. The normalized spacial score (nSPS) is 15.1. The highest BCUT2D eigenvalue weighted by Crippen LogP contribution is 2.33. The second kappa shape index (κ2) is 5.34. The van der Waals surface area contributed by atoms with Crippen LogP contribution in [0.15, 0.2) is 12.1 Å². The van der Waals surface area contributed by atoms with E-state index < -0.39 is 18.8 Å². The zero-order valence-corrected chi connectivity index (χ0v) is 9.76. The van der Waals surface area contributed by atoms with Crippen molar-refractivity contribution in [1.29, 1.82) is 0 Å². The molecule has 2 atom stereocenters. The summed E-state index contributed by atoms with van der Waals surface area (Å²) < 4.78 is 0. The van der Waals surface area contributed by atoms with Gasteiger partial charge >= 0.3 is 0 Å². The van der Waals surface area contributed by atoms with E-state index in [4.69, 9.17) is 39.9 Å². The van der Waals surface area contributed by atoms with Gasteiger partial charge in [-0.3, -0.25) is 0 Å². The summed E-state index contributed by atoms with van der Waals surface area (Å²) >= 11 is 17.2. The van der Waals surface area contributed by atoms with Crippen LogP contribution in [0, 0.1) is 0 Å². The summed E-state index contributed by atoms with van der Waals surface area (Å²) in [6.07, 6.45) is -2.53. The van der Waals surface area contributed by atoms with Gasteiger partial charge in [-0.2, -0.15) is 0 Å². The first-order chi connectivity index (χ1) is 6.97. The van der Waals surface area contributed by atoms with E-state index in [-0.39, 0.29) is 15.1 Å². The minimum Gasteiger partial charge on any atom is -0.394 e. The molecule has 0 fully saturated rings. The van der Waals surface area contributed by atoms with E-state index in [1.54, 1.807) is 0 Å². The quantitative estimate of drug-likeness (QED) is 0.737. The Bertz CT molecular complexity index is 333. The number of halogens is 3. The molecule has 0 aliphatic rings. The molecule has 0 spiro atoms. The second-order valence-electron chi connectivity index (χ2n) is 2.99. The minimum atomic E-state index is -1.28. The van der Waals surface area contributed by atoms with Gasteiger partial charge in [0.1, 0.15) is 12.2 Å². The Kier molecular flexibility index (Phi) is 4.64. The molecule has 0 aliphatic heterocycles. The lowest BCUT2D eigenvalue weighted by Gasteiger charge is -2.16. The van der Waals surface area contributed by atoms with Crippen molar-refractivity contribution < 1.29 is 15.3 Å². The largest absolute Gasteiger partial charge is 0.394 e. The Labute approximate surface area is 102 Å². The first-order valence-corrected chi connectivity index (χ1v) is 5.22. The van der Waals surface area contributed by atoms with Crippen molar-refractivity contribution in [2.75, 3.05) is 6.61 Å². The lowest BCUT2D eigenvalue weighted by atomic mass is 10.1. The fraction of sp³-hybridized carbons (Fsp3) is 0.333. The predicted molar refractivity (Wildman–Crippen MR) is 59.5 cm³/mol. The number of rotatable bonds is 3. The molecule has 3 N–H and O–H groups in total. The number of hydrogen-bond donors (Lipinski definition) is 3. The summed E-state index contributed by atoms with van der Waals surface area (Å²) in [7, 11) is 0. The SMILES string of the molecule is OCC(O)C(O)c1cc(Cl)c(Cl)c(Cl)c1. The monoisotopic (exact) mass is 270 g/mol. The molecule has 1 aromatic rings. The Morgan fingerprint density at radius 3 is 1.93 bits per heavy atom. The van der Waals surface area contributed by atoms with E-state index in [1.807, 2.05) is 0 Å². The molecule has 0 saturated heterocycles. The summed E-state index contributed by atoms with van der Waals surface area (Å²) in [5.41, 5.74) is 0.302. The van der Waals surface area contributed by atoms with Crippen molar-refractivity contribution in [1.82, 2.24) is 0 Å². The standard InChI is InChI=1S/C9H9Cl3O3/c10-5-1-4(2-6(11)8(5)12)9(15)7(14)3-13/h1-2,7,9,13-15H,3H2. The molecule has 3 nitrogen and oxygen atoms in total. The van der Waals surface area contributed by atoms with Crippen molar-refractivity contribution in [2.24, 2.45) is 0 Å². The van der Waals surface area contributed by atoms with Gasteiger partial charge in [0.05, 0.1) is 21.7 Å². The molecule has 0 bridgehead atoms. The maximum atomic E-state index is 9.56. The number of benzene rings is 1. The van der Waals surface area contributed by atoms with Gasteiger partial charge in [-0.05, 0) is 17.7 Å². The van der Waals surface area contributed by atoms with Crippen LogP contribution in [-0.4, -0.2) is 28.0 Å². The van der Waals surface area contributed by atoms with Crippen LogP contribution in [0.4, 0.5) is 0 Å². The molecule has 0 heterocycles. The Morgan fingerprint density at radius 1 is 1.07 bits per heavy atom. The van der Waals surface area contributed by atoms with E-state index in [9.17, 15) is 10.2 Å². The fourth-order valence-corrected chi connectivity index (χ4v) is 1.68. The van der Waals surface area contributed by atoms with Crippen molar-refractivity contribution in [3.05, 3.63) is 32.8 Å². The molecule has 0 radical (unpaired) electrons. The van der Waals surface area contributed by atoms with Gasteiger partial charge in [0.25, 0.3) is 0 Å². The first kappa shape index (κ1) is 13.0. The van der Waals surface area contributed by atoms with Crippen molar-refractivity contribution in [3.8, 4) is 0 Å². The lowest BCUT2D eigenvalue weighted by molar-refractivity contribution is -0.0152. The second-order valence-corrected chi connectivity index (χ2v) is 4.19. The third-order valence-electron chi connectivity index (χ3n) is 1.90. The average Bonchev–Trinajstić information content (AvgIpc) is 2.23. The van der Waals surface area contributed by atoms with Crippen LogP contribution in [0.3, 0.4) is 0 Å². The van der Waals surface area contributed by atoms with E-state index in [0.29, 0.717) is 5.56 Å². The molecule has 2 unspecified atom stereocenters. The van der Waals surface area contributed by atoms with Gasteiger partial charge < -0.3 is 15.3 Å². The van der Waals surface area contributed by atoms with Crippen LogP contribution in [0.1, 0.15) is 11.7 Å². The number of aliphatic hydroxyl groups is 3. The van der Waals surface area contributed by atoms with Gasteiger partial charge in [0, 0.05) is 0 Å². The summed E-state index contributed by atoms with van der Waals surface area (Å²) in [6, 6.07) is 2.78. The van der Waals surface area contributed by atoms with Crippen molar-refractivity contribution in [3.63, 3.8) is 0 Å². The Hall–Kier alpha value is -0.0300. The molecule has 84 valence electrons. The third kappa shape index (κ3) is 2.97. The van der Waals surface area contributed by atoms with Gasteiger partial charge in [0.15, 0.2) is 0 Å². The highest BCUT2D eigenvalue weighted by atomic mass is 35.5. The molecule has 1 rings (SSSR count). The summed E-state index contributed by atoms with van der Waals surface area (Å²) in [4.78, 5) is 0. The minimum absolute atomic E-state index is 0.184. The van der Waals surface area contributed by atoms with Crippen LogP contribution in [-0.2, 0) is 0 Å².